The second-order valence-electron chi connectivity index (χ2n) is 5.32. The van der Waals surface area contributed by atoms with E-state index in [0.717, 1.165) is 25.0 Å². The molecular weight excluding hydrogens is 202 g/mol. The Hall–Kier alpha value is -0.160. The van der Waals surface area contributed by atoms with E-state index >= 15 is 0 Å². The van der Waals surface area contributed by atoms with Crippen molar-refractivity contribution in [2.24, 2.45) is 5.73 Å². The van der Waals surface area contributed by atoms with Crippen molar-refractivity contribution in [2.75, 3.05) is 33.2 Å². The lowest BCUT2D eigenvalue weighted by molar-refractivity contribution is 0.142. The van der Waals surface area contributed by atoms with Crippen LogP contribution in [0.2, 0.25) is 0 Å². The predicted octanol–water partition coefficient (Wildman–Crippen LogP) is -0.135. The van der Waals surface area contributed by atoms with E-state index in [9.17, 15) is 5.11 Å². The van der Waals surface area contributed by atoms with Crippen molar-refractivity contribution >= 4 is 0 Å². The molecule has 0 radical (unpaired) electrons. The topological polar surface area (TPSA) is 52.7 Å². The Morgan fingerprint density at radius 2 is 2.06 bits per heavy atom. The van der Waals surface area contributed by atoms with E-state index in [2.05, 4.69) is 16.8 Å². The van der Waals surface area contributed by atoms with Crippen molar-refractivity contribution in [3.05, 3.63) is 0 Å². The van der Waals surface area contributed by atoms with Crippen molar-refractivity contribution in [1.82, 2.24) is 9.80 Å². The van der Waals surface area contributed by atoms with E-state index in [1.54, 1.807) is 0 Å². The third-order valence-corrected chi connectivity index (χ3v) is 4.28. The number of aliphatic hydroxyl groups is 1. The second-order valence-corrected chi connectivity index (χ2v) is 5.32. The van der Waals surface area contributed by atoms with Crippen LogP contribution in [0.4, 0.5) is 0 Å². The van der Waals surface area contributed by atoms with Gasteiger partial charge in [0.15, 0.2) is 0 Å². The van der Waals surface area contributed by atoms with Crippen molar-refractivity contribution in [1.29, 1.82) is 0 Å². The summed E-state index contributed by atoms with van der Waals surface area (Å²) in [5.41, 5.74) is 5.42. The van der Waals surface area contributed by atoms with E-state index in [4.69, 9.17) is 5.73 Å². The number of fused-ring (bicyclic) bond motifs is 2. The molecule has 0 saturated carbocycles. The first-order valence-electron chi connectivity index (χ1n) is 6.53. The zero-order valence-electron chi connectivity index (χ0n) is 10.3. The van der Waals surface area contributed by atoms with Gasteiger partial charge in [0.2, 0.25) is 0 Å². The molecule has 2 saturated heterocycles. The van der Waals surface area contributed by atoms with Gasteiger partial charge in [0.1, 0.15) is 0 Å². The third-order valence-electron chi connectivity index (χ3n) is 4.28. The Bertz CT molecular complexity index is 224. The molecule has 2 aliphatic rings. The van der Waals surface area contributed by atoms with Gasteiger partial charge in [0.05, 0.1) is 6.10 Å². The molecule has 2 fully saturated rings. The number of hydrogen-bond acceptors (Lipinski definition) is 4. The van der Waals surface area contributed by atoms with E-state index in [0.29, 0.717) is 6.54 Å². The minimum absolute atomic E-state index is 0.321. The minimum atomic E-state index is -0.321. The van der Waals surface area contributed by atoms with Crippen LogP contribution in [-0.2, 0) is 0 Å². The first-order chi connectivity index (χ1) is 7.70. The van der Waals surface area contributed by atoms with Gasteiger partial charge >= 0.3 is 0 Å². The van der Waals surface area contributed by atoms with Crippen LogP contribution in [-0.4, -0.2) is 66.3 Å². The van der Waals surface area contributed by atoms with Gasteiger partial charge in [-0.3, -0.25) is 4.90 Å². The average Bonchev–Trinajstić information content (AvgIpc) is 2.52. The van der Waals surface area contributed by atoms with E-state index < -0.39 is 0 Å². The Morgan fingerprint density at radius 1 is 1.31 bits per heavy atom. The van der Waals surface area contributed by atoms with Gasteiger partial charge in [-0.05, 0) is 39.3 Å². The highest BCUT2D eigenvalue weighted by atomic mass is 16.3. The SMILES string of the molecule is CN1C2CCC1CN(CCC(O)CN)CC2. The smallest absolute Gasteiger partial charge is 0.0674 e. The summed E-state index contributed by atoms with van der Waals surface area (Å²) < 4.78 is 0. The molecule has 3 unspecified atom stereocenters. The molecule has 3 atom stereocenters. The van der Waals surface area contributed by atoms with E-state index in [1.807, 2.05) is 0 Å². The first kappa shape index (κ1) is 12.3. The van der Waals surface area contributed by atoms with Crippen LogP contribution in [0.15, 0.2) is 0 Å². The number of hydrogen-bond donors (Lipinski definition) is 2. The molecule has 2 heterocycles. The van der Waals surface area contributed by atoms with Crippen molar-refractivity contribution < 1.29 is 5.11 Å². The molecule has 94 valence electrons. The normalized spacial score (nSPS) is 33.9. The van der Waals surface area contributed by atoms with Gasteiger partial charge in [-0.25, -0.2) is 0 Å². The van der Waals surface area contributed by atoms with Crippen LogP contribution in [0.25, 0.3) is 0 Å². The van der Waals surface area contributed by atoms with E-state index in [1.165, 1.54) is 32.4 Å². The second kappa shape index (κ2) is 5.45. The zero-order chi connectivity index (χ0) is 11.5. The van der Waals surface area contributed by atoms with Gasteiger partial charge in [-0.2, -0.15) is 0 Å². The lowest BCUT2D eigenvalue weighted by atomic mass is 10.1. The number of nitrogens with two attached hydrogens (primary N) is 1. The summed E-state index contributed by atoms with van der Waals surface area (Å²) in [5, 5.41) is 9.48. The highest BCUT2D eigenvalue weighted by Crippen LogP contribution is 2.28. The molecule has 0 aliphatic carbocycles. The number of likely N-dealkylation sites (N-methyl/N-ethyl adjacent to an activating group) is 1. The van der Waals surface area contributed by atoms with Crippen LogP contribution >= 0.6 is 0 Å². The Balaban J connectivity index is 1.80. The lowest BCUT2D eigenvalue weighted by Gasteiger charge is -2.26. The summed E-state index contributed by atoms with van der Waals surface area (Å²) in [4.78, 5) is 5.05. The van der Waals surface area contributed by atoms with Crippen molar-refractivity contribution in [3.8, 4) is 0 Å². The quantitative estimate of drug-likeness (QED) is 0.702. The highest BCUT2D eigenvalue weighted by Gasteiger charge is 2.34. The molecule has 2 rings (SSSR count). The number of nitrogens with zero attached hydrogens (tertiary/aromatic N) is 2. The standard InChI is InChI=1S/C12H25N3O/c1-14-10-2-3-11(14)9-15(6-4-10)7-5-12(16)8-13/h10-12,16H,2-9,13H2,1H3. The number of aliphatic hydroxyl groups excluding tert-OH is 1. The minimum Gasteiger partial charge on any atom is -0.392 e. The van der Waals surface area contributed by atoms with Gasteiger partial charge in [0, 0.05) is 31.7 Å². The molecule has 3 N–H and O–H groups in total. The molecule has 4 heteroatoms. The summed E-state index contributed by atoms with van der Waals surface area (Å²) >= 11 is 0. The maximum atomic E-state index is 9.48. The first-order valence-corrected chi connectivity index (χ1v) is 6.53. The van der Waals surface area contributed by atoms with Gasteiger partial charge in [-0.15, -0.1) is 0 Å². The molecular formula is C12H25N3O. The maximum absolute atomic E-state index is 9.48. The average molecular weight is 227 g/mol. The van der Waals surface area contributed by atoms with Crippen LogP contribution in [0.1, 0.15) is 25.7 Å². The molecule has 16 heavy (non-hydrogen) atoms. The molecule has 0 aromatic carbocycles. The maximum Gasteiger partial charge on any atom is 0.0674 e. The summed E-state index contributed by atoms with van der Waals surface area (Å²) in [5.74, 6) is 0. The van der Waals surface area contributed by atoms with Crippen LogP contribution in [0, 0.1) is 0 Å². The number of rotatable bonds is 4. The van der Waals surface area contributed by atoms with Crippen LogP contribution in [0.5, 0.6) is 0 Å². The molecule has 0 amide bonds. The van der Waals surface area contributed by atoms with Gasteiger partial charge in [-0.1, -0.05) is 0 Å². The predicted molar refractivity (Wildman–Crippen MR) is 65.3 cm³/mol. The molecule has 0 aromatic heterocycles. The van der Waals surface area contributed by atoms with Gasteiger partial charge < -0.3 is 15.7 Å². The molecule has 2 bridgehead atoms. The highest BCUT2D eigenvalue weighted by molar-refractivity contribution is 4.91. The van der Waals surface area contributed by atoms with E-state index in [-0.39, 0.29) is 6.10 Å². The molecule has 0 aromatic rings. The van der Waals surface area contributed by atoms with Crippen molar-refractivity contribution in [2.45, 2.75) is 43.9 Å². The zero-order valence-corrected chi connectivity index (χ0v) is 10.3. The Kier molecular flexibility index (Phi) is 4.19. The Morgan fingerprint density at radius 3 is 2.81 bits per heavy atom. The molecule has 0 spiro atoms. The summed E-state index contributed by atoms with van der Waals surface area (Å²) in [6, 6.07) is 1.54. The third kappa shape index (κ3) is 2.74. The van der Waals surface area contributed by atoms with Gasteiger partial charge in [0.25, 0.3) is 0 Å². The molecule has 4 nitrogen and oxygen atoms in total. The van der Waals surface area contributed by atoms with Crippen molar-refractivity contribution in [3.63, 3.8) is 0 Å². The monoisotopic (exact) mass is 227 g/mol. The fraction of sp³-hybridized carbons (Fsp3) is 1.00. The fourth-order valence-corrected chi connectivity index (χ4v) is 3.03. The summed E-state index contributed by atoms with van der Waals surface area (Å²) in [6.07, 6.45) is 4.50. The van der Waals surface area contributed by atoms with Crippen LogP contribution in [0.3, 0.4) is 0 Å². The largest absolute Gasteiger partial charge is 0.392 e. The summed E-state index contributed by atoms with van der Waals surface area (Å²) in [6.45, 7) is 3.74. The Labute approximate surface area is 98.4 Å². The molecule has 2 aliphatic heterocycles. The summed E-state index contributed by atoms with van der Waals surface area (Å²) in [7, 11) is 2.26. The lowest BCUT2D eigenvalue weighted by Crippen LogP contribution is -2.38. The van der Waals surface area contributed by atoms with Crippen LogP contribution < -0.4 is 5.73 Å². The fourth-order valence-electron chi connectivity index (χ4n) is 3.03. The number of likely N-dealkylation sites (tertiary alicyclic amines) is 1.